The van der Waals surface area contributed by atoms with Gasteiger partial charge in [0.05, 0.1) is 37.4 Å². The molecule has 0 aliphatic heterocycles. The summed E-state index contributed by atoms with van der Waals surface area (Å²) in [5.74, 6) is 0.614. The van der Waals surface area contributed by atoms with Crippen molar-refractivity contribution in [2.24, 2.45) is 0 Å². The van der Waals surface area contributed by atoms with Gasteiger partial charge < -0.3 is 14.8 Å². The summed E-state index contributed by atoms with van der Waals surface area (Å²) in [4.78, 5) is 36.5. The maximum atomic E-state index is 13.0. The van der Waals surface area contributed by atoms with Gasteiger partial charge in [-0.05, 0) is 25.0 Å². The van der Waals surface area contributed by atoms with Crippen LogP contribution in [0.15, 0.2) is 47.3 Å². The van der Waals surface area contributed by atoms with E-state index < -0.39 is 16.5 Å². The van der Waals surface area contributed by atoms with Crippen LogP contribution in [0, 0.1) is 10.1 Å². The fraction of sp³-hybridized carbons (Fsp3) is 0.318. The van der Waals surface area contributed by atoms with Gasteiger partial charge in [0.1, 0.15) is 11.4 Å². The molecule has 4 rings (SSSR count). The quantitative estimate of drug-likeness (QED) is 0.388. The SMILES string of the molecule is COc1cc(C(=O)NCCn2nc(C3CC3)n(-c3ccccc3)c2=O)c([N+](=O)[O-])cc1OC. The molecule has 11 heteroatoms. The lowest BCUT2D eigenvalue weighted by atomic mass is 10.1. The Balaban J connectivity index is 1.53. The number of para-hydroxylation sites is 1. The van der Waals surface area contributed by atoms with Gasteiger partial charge in [-0.25, -0.2) is 14.0 Å². The summed E-state index contributed by atoms with van der Waals surface area (Å²) in [5.41, 5.74) is -0.139. The average Bonchev–Trinajstić information content (AvgIpc) is 3.62. The molecule has 172 valence electrons. The van der Waals surface area contributed by atoms with Crippen molar-refractivity contribution < 1.29 is 19.2 Å². The number of rotatable bonds is 9. The number of ether oxygens (including phenoxy) is 2. The van der Waals surface area contributed by atoms with Crippen LogP contribution in [0.1, 0.15) is 34.9 Å². The third-order valence-electron chi connectivity index (χ3n) is 5.37. The molecule has 1 aromatic heterocycles. The van der Waals surface area contributed by atoms with E-state index in [2.05, 4.69) is 10.4 Å². The van der Waals surface area contributed by atoms with E-state index >= 15 is 0 Å². The second-order valence-corrected chi connectivity index (χ2v) is 7.55. The number of methoxy groups -OCH3 is 2. The highest BCUT2D eigenvalue weighted by Gasteiger charge is 2.31. The largest absolute Gasteiger partial charge is 0.493 e. The van der Waals surface area contributed by atoms with Crippen LogP contribution in [0.4, 0.5) is 5.69 Å². The monoisotopic (exact) mass is 453 g/mol. The minimum Gasteiger partial charge on any atom is -0.493 e. The van der Waals surface area contributed by atoms with E-state index in [1.165, 1.54) is 25.0 Å². The molecular formula is C22H23N5O6. The summed E-state index contributed by atoms with van der Waals surface area (Å²) in [6, 6.07) is 11.7. The lowest BCUT2D eigenvalue weighted by Gasteiger charge is -2.11. The van der Waals surface area contributed by atoms with E-state index in [-0.39, 0.29) is 41.8 Å². The van der Waals surface area contributed by atoms with Crippen molar-refractivity contribution in [3.63, 3.8) is 0 Å². The zero-order valence-electron chi connectivity index (χ0n) is 18.2. The number of nitro benzene ring substituents is 1. The van der Waals surface area contributed by atoms with Crippen LogP contribution in [-0.4, -0.2) is 45.9 Å². The number of nitro groups is 1. The van der Waals surface area contributed by atoms with Crippen LogP contribution in [0.2, 0.25) is 0 Å². The van der Waals surface area contributed by atoms with Gasteiger partial charge >= 0.3 is 5.69 Å². The maximum absolute atomic E-state index is 13.0. The molecule has 0 saturated heterocycles. The van der Waals surface area contributed by atoms with Gasteiger partial charge in [-0.3, -0.25) is 14.9 Å². The minimum atomic E-state index is -0.666. The molecule has 0 unspecified atom stereocenters. The topological polar surface area (TPSA) is 131 Å². The molecule has 1 saturated carbocycles. The van der Waals surface area contributed by atoms with Crippen molar-refractivity contribution in [2.75, 3.05) is 20.8 Å². The van der Waals surface area contributed by atoms with Crippen LogP contribution in [-0.2, 0) is 6.54 Å². The Morgan fingerprint density at radius 1 is 1.18 bits per heavy atom. The molecule has 0 spiro atoms. The van der Waals surface area contributed by atoms with Crippen LogP contribution >= 0.6 is 0 Å². The van der Waals surface area contributed by atoms with Crippen molar-refractivity contribution in [3.8, 4) is 17.2 Å². The number of nitrogens with one attached hydrogen (secondary N) is 1. The molecule has 0 bridgehead atoms. The molecule has 33 heavy (non-hydrogen) atoms. The van der Waals surface area contributed by atoms with Gasteiger partial charge in [0.15, 0.2) is 11.5 Å². The number of aromatic nitrogens is 3. The first-order valence-electron chi connectivity index (χ1n) is 10.4. The lowest BCUT2D eigenvalue weighted by molar-refractivity contribution is -0.385. The molecular weight excluding hydrogens is 430 g/mol. The van der Waals surface area contributed by atoms with E-state index in [4.69, 9.17) is 9.47 Å². The first kappa shape index (κ1) is 22.1. The summed E-state index contributed by atoms with van der Waals surface area (Å²) in [5, 5.41) is 18.6. The van der Waals surface area contributed by atoms with Gasteiger partial charge in [-0.2, -0.15) is 5.10 Å². The Morgan fingerprint density at radius 3 is 2.45 bits per heavy atom. The van der Waals surface area contributed by atoms with Crippen LogP contribution < -0.4 is 20.5 Å². The van der Waals surface area contributed by atoms with Crippen molar-refractivity contribution in [3.05, 3.63) is 74.5 Å². The van der Waals surface area contributed by atoms with E-state index in [0.717, 1.165) is 24.6 Å². The van der Waals surface area contributed by atoms with Crippen LogP contribution in [0.25, 0.3) is 5.69 Å². The summed E-state index contributed by atoms with van der Waals surface area (Å²) >= 11 is 0. The van der Waals surface area contributed by atoms with Crippen molar-refractivity contribution >= 4 is 11.6 Å². The first-order valence-corrected chi connectivity index (χ1v) is 10.4. The van der Waals surface area contributed by atoms with Gasteiger partial charge in [-0.15, -0.1) is 0 Å². The fourth-order valence-corrected chi connectivity index (χ4v) is 3.57. The van der Waals surface area contributed by atoms with Crippen molar-refractivity contribution in [1.82, 2.24) is 19.7 Å². The van der Waals surface area contributed by atoms with Crippen LogP contribution in [0.5, 0.6) is 11.5 Å². The highest BCUT2D eigenvalue weighted by Crippen LogP contribution is 2.39. The zero-order chi connectivity index (χ0) is 23.5. The average molecular weight is 453 g/mol. The lowest BCUT2D eigenvalue weighted by Crippen LogP contribution is -2.32. The summed E-state index contributed by atoms with van der Waals surface area (Å²) in [6.07, 6.45) is 1.95. The standard InChI is InChI=1S/C22H23N5O6/c1-32-18-12-16(17(27(30)31)13-19(18)33-2)21(28)23-10-11-25-22(29)26(15-6-4-3-5-7-15)20(24-25)14-8-9-14/h3-7,12-14H,8-11H2,1-2H3,(H,23,28). The number of hydrogen-bond donors (Lipinski definition) is 1. The molecule has 1 N–H and O–H groups in total. The molecule has 1 aliphatic rings. The number of hydrogen-bond acceptors (Lipinski definition) is 7. The number of carbonyl (C=O) groups excluding carboxylic acids is 1. The van der Waals surface area contributed by atoms with Crippen molar-refractivity contribution in [2.45, 2.75) is 25.3 Å². The second-order valence-electron chi connectivity index (χ2n) is 7.55. The van der Waals surface area contributed by atoms with E-state index in [9.17, 15) is 19.7 Å². The van der Waals surface area contributed by atoms with Gasteiger partial charge in [0.25, 0.3) is 11.6 Å². The minimum absolute atomic E-state index is 0.0557. The molecule has 1 fully saturated rings. The third kappa shape index (κ3) is 4.43. The summed E-state index contributed by atoms with van der Waals surface area (Å²) in [6.45, 7) is 0.172. The highest BCUT2D eigenvalue weighted by atomic mass is 16.6. The molecule has 3 aromatic rings. The fourth-order valence-electron chi connectivity index (χ4n) is 3.57. The number of amides is 1. The number of benzene rings is 2. The maximum Gasteiger partial charge on any atom is 0.350 e. The Morgan fingerprint density at radius 2 is 1.85 bits per heavy atom. The van der Waals surface area contributed by atoms with Crippen LogP contribution in [0.3, 0.4) is 0 Å². The van der Waals surface area contributed by atoms with Gasteiger partial charge in [0.2, 0.25) is 0 Å². The predicted octanol–water partition coefficient (Wildman–Crippen LogP) is 2.27. The second kappa shape index (κ2) is 9.15. The van der Waals surface area contributed by atoms with E-state index in [1.54, 1.807) is 4.57 Å². The van der Waals surface area contributed by atoms with E-state index in [1.807, 2.05) is 30.3 Å². The number of carbonyl (C=O) groups is 1. The Hall–Kier alpha value is -4.15. The van der Waals surface area contributed by atoms with Gasteiger partial charge in [0, 0.05) is 18.5 Å². The predicted molar refractivity (Wildman–Crippen MR) is 118 cm³/mol. The molecule has 0 atom stereocenters. The molecule has 1 heterocycles. The molecule has 0 radical (unpaired) electrons. The van der Waals surface area contributed by atoms with Gasteiger partial charge in [-0.1, -0.05) is 18.2 Å². The molecule has 1 amide bonds. The number of nitrogens with zero attached hydrogens (tertiary/aromatic N) is 4. The Labute approximate surface area is 188 Å². The van der Waals surface area contributed by atoms with E-state index in [0.29, 0.717) is 5.82 Å². The molecule has 2 aromatic carbocycles. The normalized spacial score (nSPS) is 12.9. The zero-order valence-corrected chi connectivity index (χ0v) is 18.2. The highest BCUT2D eigenvalue weighted by molar-refractivity contribution is 5.99. The first-order chi connectivity index (χ1) is 15.9. The molecule has 1 aliphatic carbocycles. The Bertz CT molecular complexity index is 1250. The van der Waals surface area contributed by atoms with Crippen molar-refractivity contribution in [1.29, 1.82) is 0 Å². The molecule has 11 nitrogen and oxygen atoms in total. The summed E-state index contributed by atoms with van der Waals surface area (Å²) < 4.78 is 13.1. The Kier molecular flexibility index (Phi) is 6.11. The smallest absolute Gasteiger partial charge is 0.350 e. The third-order valence-corrected chi connectivity index (χ3v) is 5.37. The summed E-state index contributed by atoms with van der Waals surface area (Å²) in [7, 11) is 2.72.